The second-order valence-corrected chi connectivity index (χ2v) is 35.1. The first-order chi connectivity index (χ1) is 63.2. The number of carbonyl (C=O) groups excluding carboxylic acids is 3. The van der Waals surface area contributed by atoms with Crippen LogP contribution in [0, 0.1) is 60.1 Å². The maximum absolute atomic E-state index is 16.0. The number of nitrogens with zero attached hydrogens (tertiary/aromatic N) is 22. The van der Waals surface area contributed by atoms with Gasteiger partial charge in [0.25, 0.3) is 0 Å². The topological polar surface area (TPSA) is 335 Å². The SMILES string of the molecule is C=CC(=O)N1CCN(c2nc(=O)n(-c3c(C4CC4)nc(C#N)nc3C3CC3)c3nc(-c4ccccc4F)c(F)cc23)[C@@H](C)C1.C=CC(=O)N1CCN(c2nc(=O)n(-c3c(C4CC4)nc(C)nc3C3CC3)c3nc(-c4c(O)cccc4F)c(F)cc23)[C@@H](C)C1.C=CC(=O)N1CCN(c2nc(=O)n(-c3c(C4CC4)nc(C)nc3C3CC3)c3nc(-c4ccccc4F)c(F)cc23)[C@@H](C)C1. The lowest BCUT2D eigenvalue weighted by atomic mass is 10.1. The van der Waals surface area contributed by atoms with Gasteiger partial charge in [-0.1, -0.05) is 50.1 Å². The van der Waals surface area contributed by atoms with Gasteiger partial charge in [0, 0.05) is 124 Å². The minimum absolute atomic E-state index is 0.00540. The normalized spacial score (nSPS) is 18.6. The molecule has 0 spiro atoms. The molecule has 3 aliphatic heterocycles. The van der Waals surface area contributed by atoms with Gasteiger partial charge in [0.1, 0.15) is 87.1 Å². The van der Waals surface area contributed by atoms with Crippen molar-refractivity contribution in [2.45, 2.75) is 165 Å². The smallest absolute Gasteiger partial charge is 0.355 e. The molecular weight excluding hydrogens is 1690 g/mol. The van der Waals surface area contributed by atoms with Crippen molar-refractivity contribution < 1.29 is 45.8 Å². The number of amides is 3. The highest BCUT2D eigenvalue weighted by Gasteiger charge is 2.44. The van der Waals surface area contributed by atoms with E-state index < -0.39 is 69.0 Å². The summed E-state index contributed by atoms with van der Waals surface area (Å²) >= 11 is 0. The Morgan fingerprint density at radius 2 is 0.679 bits per heavy atom. The highest BCUT2D eigenvalue weighted by Crippen LogP contribution is 2.52. The van der Waals surface area contributed by atoms with Crippen molar-refractivity contribution in [3.63, 3.8) is 0 Å². The molecular formula is C96H90F6N22O7. The maximum Gasteiger partial charge on any atom is 0.355 e. The first-order valence-corrected chi connectivity index (χ1v) is 44.2. The summed E-state index contributed by atoms with van der Waals surface area (Å²) in [6.45, 7) is 23.3. The van der Waals surface area contributed by atoms with Crippen LogP contribution in [0.15, 0.2) is 137 Å². The monoisotopic (exact) mass is 1780 g/mol. The third kappa shape index (κ3) is 16.3. The standard InChI is InChI=1S/C32H28F2N8O2.C32H31F2N7O3.C32H31F2N7O2/c1-3-25(43)40-12-13-41(17(2)16-40)30-21-14-23(34)28(20-6-4-5-7-22(20)33)38-31(21)42(32(44)39-30)29-26(18-8-9-18)36-24(15-35)37-27(29)19-10-11-19;1-4-24(43)39-12-13-40(16(2)15-39)30-20-14-22(34)28(25-21(33)6-5-7-23(25)42)37-31(20)41(32(44)38-30)29-26(18-8-9-18)35-17(3)36-27(29)19-10-11-19;1-4-25(42)39-13-14-40(17(2)16-39)30-22-15-24(34)28(21-7-5-6-8-23(21)33)37-31(22)41(32(43)38-30)29-26(19-9-10-19)35-18(3)36-27(29)20-11-12-20/h3-7,14,17-19H,1,8-13,16H2,2H3;4-7,14,16,18-19,42H,1,8-13,15H2,2-3H3;4-8,15,17,19-20H,1,9-14,16H2,2-3H3/t17-;16-;17-/m000/s1. The van der Waals surface area contributed by atoms with E-state index in [9.17, 15) is 47.9 Å². The van der Waals surface area contributed by atoms with E-state index in [4.69, 9.17) is 24.9 Å². The number of aromatic nitrogens is 15. The van der Waals surface area contributed by atoms with Gasteiger partial charge in [-0.3, -0.25) is 14.4 Å². The summed E-state index contributed by atoms with van der Waals surface area (Å²) in [4.78, 5) is 146. The molecule has 21 rings (SSSR count). The van der Waals surface area contributed by atoms with Gasteiger partial charge in [-0.05, 0) is 184 Å². The van der Waals surface area contributed by atoms with Crippen LogP contribution in [-0.2, 0) is 14.4 Å². The summed E-state index contributed by atoms with van der Waals surface area (Å²) in [7, 11) is 0. The van der Waals surface area contributed by atoms with Crippen LogP contribution in [0.5, 0.6) is 5.75 Å². The second kappa shape index (κ2) is 34.3. The van der Waals surface area contributed by atoms with E-state index in [2.05, 4.69) is 54.6 Å². The zero-order valence-corrected chi connectivity index (χ0v) is 72.5. The van der Waals surface area contributed by atoms with Crippen LogP contribution in [0.2, 0.25) is 0 Å². The Bertz CT molecular complexity index is 6940. The molecule has 0 bridgehead atoms. The fraction of sp³-hybridized carbons (Fsp3) is 0.365. The number of hydrogen-bond donors (Lipinski definition) is 1. The number of phenols is 1. The van der Waals surface area contributed by atoms with Crippen molar-refractivity contribution in [2.24, 2.45) is 0 Å². The molecule has 3 aromatic carbocycles. The Morgan fingerprint density at radius 3 is 0.962 bits per heavy atom. The number of anilines is 3. The van der Waals surface area contributed by atoms with Crippen molar-refractivity contribution >= 4 is 68.3 Å². The minimum Gasteiger partial charge on any atom is -0.507 e. The van der Waals surface area contributed by atoms with Crippen molar-refractivity contribution in [2.75, 3.05) is 73.6 Å². The number of phenolic OH excluding ortho intramolecular Hbond substituents is 1. The number of pyridine rings is 3. The van der Waals surface area contributed by atoms with Crippen molar-refractivity contribution in [3.05, 3.63) is 241 Å². The minimum atomic E-state index is -0.885. The fourth-order valence-corrected chi connectivity index (χ4v) is 18.3. The van der Waals surface area contributed by atoms with Crippen LogP contribution in [-0.4, -0.2) is 188 Å². The Balaban J connectivity index is 0.000000127. The number of piperazine rings is 3. The van der Waals surface area contributed by atoms with E-state index >= 15 is 17.6 Å². The van der Waals surface area contributed by atoms with E-state index in [1.807, 2.05) is 55.4 Å². The first-order valence-electron chi connectivity index (χ1n) is 44.2. The molecule has 3 saturated heterocycles. The van der Waals surface area contributed by atoms with E-state index in [0.717, 1.165) is 106 Å². The quantitative estimate of drug-likeness (QED) is 0.0616. The summed E-state index contributed by atoms with van der Waals surface area (Å²) < 4.78 is 96.9. The van der Waals surface area contributed by atoms with Crippen LogP contribution in [0.1, 0.15) is 185 Å². The molecule has 3 atom stereocenters. The predicted octanol–water partition coefficient (Wildman–Crippen LogP) is 13.7. The lowest BCUT2D eigenvalue weighted by Crippen LogP contribution is -2.54. The van der Waals surface area contributed by atoms with E-state index in [1.54, 1.807) is 26.8 Å². The molecule has 668 valence electrons. The molecule has 9 aromatic heterocycles. The van der Waals surface area contributed by atoms with Crippen LogP contribution >= 0.6 is 0 Å². The molecule has 1 N–H and O–H groups in total. The molecule has 12 heterocycles. The van der Waals surface area contributed by atoms with Gasteiger partial charge in [-0.2, -0.15) is 20.2 Å². The number of carbonyl (C=O) groups is 3. The lowest BCUT2D eigenvalue weighted by molar-refractivity contribution is -0.127. The summed E-state index contributed by atoms with van der Waals surface area (Å²) in [5, 5.41) is 21.1. The number of nitriles is 1. The van der Waals surface area contributed by atoms with E-state index in [0.29, 0.717) is 104 Å². The van der Waals surface area contributed by atoms with Crippen molar-refractivity contribution in [1.82, 2.24) is 88.2 Å². The zero-order chi connectivity index (χ0) is 91.5. The number of halogens is 6. The summed E-state index contributed by atoms with van der Waals surface area (Å²) in [5.74, 6) is -2.91. The van der Waals surface area contributed by atoms with Gasteiger partial charge < -0.3 is 34.5 Å². The van der Waals surface area contributed by atoms with E-state index in [-0.39, 0.29) is 145 Å². The van der Waals surface area contributed by atoms with Crippen LogP contribution in [0.25, 0.3) is 83.9 Å². The third-order valence-corrected chi connectivity index (χ3v) is 25.6. The largest absolute Gasteiger partial charge is 0.507 e. The molecule has 0 unspecified atom stereocenters. The predicted molar refractivity (Wildman–Crippen MR) is 477 cm³/mol. The van der Waals surface area contributed by atoms with Gasteiger partial charge in [0.2, 0.25) is 23.5 Å². The van der Waals surface area contributed by atoms with Gasteiger partial charge >= 0.3 is 17.1 Å². The molecule has 35 heteroatoms. The third-order valence-electron chi connectivity index (χ3n) is 25.6. The Kier molecular flexibility index (Phi) is 22.5. The van der Waals surface area contributed by atoms with E-state index in [1.165, 1.54) is 98.7 Å². The van der Waals surface area contributed by atoms with Crippen molar-refractivity contribution in [1.29, 1.82) is 5.26 Å². The molecule has 6 aliphatic carbocycles. The maximum atomic E-state index is 16.0. The number of hydrogen-bond acceptors (Lipinski definition) is 23. The average Bonchev–Trinajstić information content (AvgIpc) is 1.48. The number of fused-ring (bicyclic) bond motifs is 3. The number of benzene rings is 3. The fourth-order valence-electron chi connectivity index (χ4n) is 18.3. The lowest BCUT2D eigenvalue weighted by Gasteiger charge is -2.40. The number of aryl methyl sites for hydroxylation is 2. The first kappa shape index (κ1) is 86.1. The number of aromatic hydroxyl groups is 1. The molecule has 6 saturated carbocycles. The zero-order valence-electron chi connectivity index (χ0n) is 72.5. The summed E-state index contributed by atoms with van der Waals surface area (Å²) in [5.41, 5.74) is 2.73. The molecule has 12 aromatic rings. The average molecular weight is 1780 g/mol. The number of rotatable bonds is 18. The van der Waals surface area contributed by atoms with Gasteiger partial charge in [0.15, 0.2) is 22.8 Å². The molecule has 9 aliphatic rings. The molecule has 131 heavy (non-hydrogen) atoms. The van der Waals surface area contributed by atoms with Crippen LogP contribution in [0.4, 0.5) is 43.8 Å². The van der Waals surface area contributed by atoms with Gasteiger partial charge in [0.05, 0.1) is 72.9 Å². The highest BCUT2D eigenvalue weighted by molar-refractivity contribution is 5.95. The van der Waals surface area contributed by atoms with Crippen LogP contribution in [0.3, 0.4) is 0 Å². The van der Waals surface area contributed by atoms with Gasteiger partial charge in [-0.15, -0.1) is 0 Å². The Labute approximate surface area is 746 Å². The second-order valence-electron chi connectivity index (χ2n) is 35.1. The molecule has 3 amide bonds. The Hall–Kier alpha value is -14.3. The van der Waals surface area contributed by atoms with Crippen molar-refractivity contribution in [3.8, 4) is 62.7 Å². The van der Waals surface area contributed by atoms with Crippen LogP contribution < -0.4 is 31.8 Å². The summed E-state index contributed by atoms with van der Waals surface area (Å²) in [6, 6.07) is 20.3. The Morgan fingerprint density at radius 1 is 0.389 bits per heavy atom. The summed E-state index contributed by atoms with van der Waals surface area (Å²) in [6.07, 6.45) is 14.6. The highest BCUT2D eigenvalue weighted by atomic mass is 19.1. The molecule has 0 radical (unpaired) electrons. The molecule has 9 fully saturated rings. The van der Waals surface area contributed by atoms with Gasteiger partial charge in [-0.25, -0.2) is 99.3 Å². The molecule has 29 nitrogen and oxygen atoms in total.